The van der Waals surface area contributed by atoms with Gasteiger partial charge in [-0.3, -0.25) is 0 Å². The third kappa shape index (κ3) is 4.59. The molecule has 182 valence electrons. The number of aryl methyl sites for hydroxylation is 1. The number of imidazole rings is 1. The number of alkyl halides is 8. The molecule has 1 aromatic carbocycles. The minimum atomic E-state index is -5.88. The number of hydrogen-bond acceptors (Lipinski definition) is 7. The zero-order valence-electron chi connectivity index (χ0n) is 17.0. The molecule has 0 aliphatic heterocycles. The largest absolute Gasteiger partial charge is 0.460 e. The van der Waals surface area contributed by atoms with E-state index in [1.54, 1.807) is 6.92 Å². The van der Waals surface area contributed by atoms with E-state index in [2.05, 4.69) is 15.2 Å². The second-order valence-electron chi connectivity index (χ2n) is 6.75. The summed E-state index contributed by atoms with van der Waals surface area (Å²) in [5.41, 5.74) is 0.122. The molecule has 2 heterocycles. The molecule has 33 heavy (non-hydrogen) atoms. The average molecular weight is 521 g/mol. The lowest BCUT2D eigenvalue weighted by Crippen LogP contribution is -2.33. The van der Waals surface area contributed by atoms with E-state index in [4.69, 9.17) is 0 Å². The number of hydrogen-bond donors (Lipinski definition) is 1. The van der Waals surface area contributed by atoms with Gasteiger partial charge in [-0.2, -0.15) is 35.1 Å². The van der Waals surface area contributed by atoms with Crippen LogP contribution in [0.15, 0.2) is 17.0 Å². The van der Waals surface area contributed by atoms with Crippen molar-refractivity contribution in [3.8, 4) is 0 Å². The minimum Gasteiger partial charge on any atom is -0.369 e. The molecule has 0 amide bonds. The van der Waals surface area contributed by atoms with Gasteiger partial charge in [-0.15, -0.1) is 22.0 Å². The first-order valence-electron chi connectivity index (χ1n) is 8.99. The molecule has 0 aliphatic rings. The van der Waals surface area contributed by atoms with Gasteiger partial charge in [0, 0.05) is 24.6 Å². The Bertz CT molecular complexity index is 1160. The Morgan fingerprint density at radius 3 is 2.30 bits per heavy atom. The number of nitrogens with zero attached hydrogens (tertiary/aromatic N) is 5. The molecular formula is C17H15F8N5OS2. The highest BCUT2D eigenvalue weighted by Gasteiger charge is 2.61. The van der Waals surface area contributed by atoms with E-state index in [0.717, 1.165) is 9.47 Å². The second kappa shape index (κ2) is 8.54. The Morgan fingerprint density at radius 2 is 1.76 bits per heavy atom. The van der Waals surface area contributed by atoms with Crippen LogP contribution in [0.4, 0.5) is 40.3 Å². The van der Waals surface area contributed by atoms with Crippen LogP contribution < -0.4 is 4.90 Å². The third-order valence-corrected chi connectivity index (χ3v) is 6.59. The van der Waals surface area contributed by atoms with Gasteiger partial charge >= 0.3 is 18.3 Å². The van der Waals surface area contributed by atoms with Gasteiger partial charge in [0.05, 0.1) is 11.0 Å². The minimum absolute atomic E-state index is 0.0710. The lowest BCUT2D eigenvalue weighted by molar-refractivity contribution is -0.289. The topological polar surface area (TPSA) is 67.1 Å². The Balaban J connectivity index is 2.04. The van der Waals surface area contributed by atoms with Crippen LogP contribution in [0, 0.1) is 0 Å². The summed E-state index contributed by atoms with van der Waals surface area (Å²) < 4.78 is 105. The summed E-state index contributed by atoms with van der Waals surface area (Å²) >= 11 is 1.11. The molecule has 0 bridgehead atoms. The van der Waals surface area contributed by atoms with Crippen LogP contribution in [-0.2, 0) is 19.1 Å². The molecule has 16 heteroatoms. The van der Waals surface area contributed by atoms with Gasteiger partial charge in [0.15, 0.2) is 11.2 Å². The third-order valence-electron chi connectivity index (χ3n) is 4.55. The van der Waals surface area contributed by atoms with Crippen LogP contribution in [-0.4, -0.2) is 43.8 Å². The Hall–Kier alpha value is -2.20. The van der Waals surface area contributed by atoms with Crippen molar-refractivity contribution in [2.24, 2.45) is 7.05 Å². The van der Waals surface area contributed by atoms with Crippen LogP contribution in [0.2, 0.25) is 0 Å². The van der Waals surface area contributed by atoms with E-state index in [-0.39, 0.29) is 27.9 Å². The second-order valence-corrected chi connectivity index (χ2v) is 9.01. The molecule has 0 radical (unpaired) electrons. The molecule has 1 unspecified atom stereocenters. The number of rotatable bonds is 6. The highest BCUT2D eigenvalue weighted by molar-refractivity contribution is 7.99. The van der Waals surface area contributed by atoms with Gasteiger partial charge in [-0.1, -0.05) is 18.3 Å². The summed E-state index contributed by atoms with van der Waals surface area (Å²) in [5.74, 6) is -5.92. The summed E-state index contributed by atoms with van der Waals surface area (Å²) in [6, 6.07) is 2.59. The first-order chi connectivity index (χ1) is 15.1. The van der Waals surface area contributed by atoms with E-state index in [0.29, 0.717) is 10.6 Å². The van der Waals surface area contributed by atoms with E-state index >= 15 is 0 Å². The number of halogens is 8. The van der Waals surface area contributed by atoms with Crippen molar-refractivity contribution in [1.82, 2.24) is 19.7 Å². The number of aliphatic hydroxyl groups is 1. The van der Waals surface area contributed by atoms with Gasteiger partial charge in [0.1, 0.15) is 0 Å². The highest BCUT2D eigenvalue weighted by atomic mass is 32.2. The van der Waals surface area contributed by atoms with Crippen molar-refractivity contribution in [1.29, 1.82) is 0 Å². The van der Waals surface area contributed by atoms with E-state index in [1.165, 1.54) is 38.0 Å². The Labute approximate surface area is 189 Å². The predicted molar refractivity (Wildman–Crippen MR) is 105 cm³/mol. The maximum atomic E-state index is 13.5. The molecule has 0 aliphatic carbocycles. The molecule has 0 spiro atoms. The van der Waals surface area contributed by atoms with Gasteiger partial charge in [-0.05, 0) is 17.9 Å². The molecule has 2 aromatic heterocycles. The molecular weight excluding hydrogens is 506 g/mol. The quantitative estimate of drug-likeness (QED) is 0.269. The van der Waals surface area contributed by atoms with Gasteiger partial charge in [-0.25, -0.2) is 4.98 Å². The maximum Gasteiger partial charge on any atom is 0.460 e. The monoisotopic (exact) mass is 521 g/mol. The van der Waals surface area contributed by atoms with E-state index in [9.17, 15) is 40.2 Å². The van der Waals surface area contributed by atoms with Crippen LogP contribution in [0.3, 0.4) is 0 Å². The van der Waals surface area contributed by atoms with Crippen molar-refractivity contribution in [2.75, 3.05) is 17.7 Å². The summed E-state index contributed by atoms with van der Waals surface area (Å²) in [4.78, 5) is 4.83. The maximum absolute atomic E-state index is 13.5. The summed E-state index contributed by atoms with van der Waals surface area (Å²) in [5, 5.41) is 15.0. The molecule has 0 saturated heterocycles. The van der Waals surface area contributed by atoms with E-state index in [1.807, 2.05) is 0 Å². The Morgan fingerprint density at radius 1 is 1.12 bits per heavy atom. The van der Waals surface area contributed by atoms with Crippen molar-refractivity contribution < 1.29 is 40.2 Å². The fraction of sp³-hybridized carbons (Fsp3) is 0.471. The number of anilines is 1. The number of benzene rings is 1. The van der Waals surface area contributed by atoms with Crippen molar-refractivity contribution in [2.45, 2.75) is 36.3 Å². The molecule has 0 saturated carbocycles. The molecule has 6 nitrogen and oxygen atoms in total. The SMILES string of the molecule is CCSc1cc2c(cc1C(O)N(C)c1nnc(C(F)(F)C(F)(F)F)s1)nc(C(F)(F)F)n2C. The van der Waals surface area contributed by atoms with Crippen LogP contribution >= 0.6 is 23.1 Å². The normalized spacial score (nSPS) is 14.2. The molecule has 0 fully saturated rings. The van der Waals surface area contributed by atoms with Crippen LogP contribution in [0.1, 0.15) is 29.5 Å². The number of aromatic nitrogens is 4. The van der Waals surface area contributed by atoms with Gasteiger partial charge < -0.3 is 14.6 Å². The zero-order valence-corrected chi connectivity index (χ0v) is 18.6. The van der Waals surface area contributed by atoms with Crippen LogP contribution in [0.5, 0.6) is 0 Å². The molecule has 3 aromatic rings. The lowest BCUT2D eigenvalue weighted by atomic mass is 10.1. The summed E-state index contributed by atoms with van der Waals surface area (Å²) in [6.45, 7) is 1.76. The van der Waals surface area contributed by atoms with Crippen molar-refractivity contribution in [3.63, 3.8) is 0 Å². The highest BCUT2D eigenvalue weighted by Crippen LogP contribution is 2.46. The fourth-order valence-electron chi connectivity index (χ4n) is 2.89. The summed E-state index contributed by atoms with van der Waals surface area (Å²) in [7, 11) is 2.36. The smallest absolute Gasteiger partial charge is 0.369 e. The van der Waals surface area contributed by atoms with Gasteiger partial charge in [0.25, 0.3) is 0 Å². The fourth-order valence-corrected chi connectivity index (χ4v) is 4.55. The first kappa shape index (κ1) is 25.4. The number of fused-ring (bicyclic) bond motifs is 1. The molecule has 1 N–H and O–H groups in total. The van der Waals surface area contributed by atoms with Crippen molar-refractivity contribution >= 4 is 39.3 Å². The summed E-state index contributed by atoms with van der Waals surface area (Å²) in [6.07, 6.45) is -12.3. The average Bonchev–Trinajstić information content (AvgIpc) is 3.31. The molecule has 1 atom stereocenters. The lowest BCUT2D eigenvalue weighted by Gasteiger charge is -2.24. The van der Waals surface area contributed by atoms with Gasteiger partial charge in [0.2, 0.25) is 11.0 Å². The zero-order chi connectivity index (χ0) is 24.9. The number of aliphatic hydroxyl groups excluding tert-OH is 1. The standard InChI is InChI=1S/C17H15F8N5OS2/c1-4-32-10-6-9-8(26-12(29(9)2)16(20,21)22)5-7(10)11(31)30(3)14-28-27-13(33-14)15(18,19)17(23,24)25/h5-6,11,31H,4H2,1-3H3. The van der Waals surface area contributed by atoms with Crippen LogP contribution in [0.25, 0.3) is 11.0 Å². The van der Waals surface area contributed by atoms with Crippen molar-refractivity contribution in [3.05, 3.63) is 28.5 Å². The first-order valence-corrected chi connectivity index (χ1v) is 10.8. The Kier molecular flexibility index (Phi) is 6.58. The molecule has 3 rings (SSSR count). The predicted octanol–water partition coefficient (Wildman–Crippen LogP) is 5.34. The van der Waals surface area contributed by atoms with E-state index < -0.39 is 40.5 Å². The number of thioether (sulfide) groups is 1.